The van der Waals surface area contributed by atoms with Gasteiger partial charge in [0.05, 0.1) is 17.4 Å². The Labute approximate surface area is 111 Å². The topological polar surface area (TPSA) is 67.0 Å². The van der Waals surface area contributed by atoms with Crippen LogP contribution in [0.4, 0.5) is 0 Å². The molecule has 1 aliphatic heterocycles. The lowest BCUT2D eigenvalue weighted by Gasteiger charge is -2.08. The maximum absolute atomic E-state index is 12.0. The predicted octanol–water partition coefficient (Wildman–Crippen LogP) is 1.72. The molecule has 1 aromatic heterocycles. The lowest BCUT2D eigenvalue weighted by molar-refractivity contribution is 0.0950. The molecule has 2 aromatic rings. The van der Waals surface area contributed by atoms with Crippen LogP contribution in [-0.4, -0.2) is 35.6 Å². The molecule has 0 spiro atoms. The van der Waals surface area contributed by atoms with Gasteiger partial charge in [-0.05, 0) is 37.0 Å². The van der Waals surface area contributed by atoms with Crippen molar-refractivity contribution >= 4 is 16.9 Å². The maximum atomic E-state index is 12.0. The minimum absolute atomic E-state index is 0.0320. The number of rotatable bonds is 4. The summed E-state index contributed by atoms with van der Waals surface area (Å²) in [6, 6.07) is 5.49. The number of hydrogen-bond donors (Lipinski definition) is 2. The first-order chi connectivity index (χ1) is 9.33. The summed E-state index contributed by atoms with van der Waals surface area (Å²) in [6.07, 6.45) is 3.72. The van der Waals surface area contributed by atoms with Gasteiger partial charge in [0.25, 0.3) is 5.91 Å². The van der Waals surface area contributed by atoms with Gasteiger partial charge < -0.3 is 15.0 Å². The summed E-state index contributed by atoms with van der Waals surface area (Å²) in [5.41, 5.74) is 2.43. The number of fused-ring (bicyclic) bond motifs is 1. The van der Waals surface area contributed by atoms with E-state index in [-0.39, 0.29) is 5.91 Å². The highest BCUT2D eigenvalue weighted by Gasteiger charge is 2.15. The minimum Gasteiger partial charge on any atom is -0.381 e. The summed E-state index contributed by atoms with van der Waals surface area (Å²) in [6.45, 7) is 2.39. The van der Waals surface area contributed by atoms with E-state index in [1.54, 1.807) is 12.4 Å². The van der Waals surface area contributed by atoms with Gasteiger partial charge in [-0.15, -0.1) is 0 Å². The molecule has 19 heavy (non-hydrogen) atoms. The van der Waals surface area contributed by atoms with Crippen LogP contribution in [0.3, 0.4) is 0 Å². The molecule has 1 unspecified atom stereocenters. The third kappa shape index (κ3) is 2.76. The first-order valence-electron chi connectivity index (χ1n) is 6.62. The molecule has 0 bridgehead atoms. The van der Waals surface area contributed by atoms with E-state index in [1.807, 2.05) is 12.1 Å². The second kappa shape index (κ2) is 5.40. The number of carbonyl (C=O) groups is 1. The SMILES string of the molecule is O=C(NCCC1CCOC1)c1ccc2nc[nH]c2c1. The number of nitrogens with zero attached hydrogens (tertiary/aromatic N) is 1. The zero-order valence-corrected chi connectivity index (χ0v) is 10.7. The number of hydrogen-bond acceptors (Lipinski definition) is 3. The Morgan fingerprint density at radius 1 is 1.53 bits per heavy atom. The third-order valence-corrected chi connectivity index (χ3v) is 3.54. The van der Waals surface area contributed by atoms with Crippen LogP contribution in [0.1, 0.15) is 23.2 Å². The normalized spacial score (nSPS) is 18.8. The number of aromatic nitrogens is 2. The average Bonchev–Trinajstić information content (AvgIpc) is 3.08. The smallest absolute Gasteiger partial charge is 0.251 e. The van der Waals surface area contributed by atoms with Crippen molar-refractivity contribution in [3.63, 3.8) is 0 Å². The monoisotopic (exact) mass is 259 g/mol. The van der Waals surface area contributed by atoms with Gasteiger partial charge in [0.2, 0.25) is 0 Å². The van der Waals surface area contributed by atoms with Crippen molar-refractivity contribution in [2.45, 2.75) is 12.8 Å². The number of amides is 1. The van der Waals surface area contributed by atoms with Crippen LogP contribution in [0.5, 0.6) is 0 Å². The Bertz CT molecular complexity index is 573. The first kappa shape index (κ1) is 12.2. The minimum atomic E-state index is -0.0320. The zero-order chi connectivity index (χ0) is 13.1. The molecule has 1 amide bonds. The predicted molar refractivity (Wildman–Crippen MR) is 72.0 cm³/mol. The highest BCUT2D eigenvalue weighted by atomic mass is 16.5. The molecule has 5 nitrogen and oxygen atoms in total. The maximum Gasteiger partial charge on any atom is 0.251 e. The van der Waals surface area contributed by atoms with Gasteiger partial charge >= 0.3 is 0 Å². The summed E-state index contributed by atoms with van der Waals surface area (Å²) in [5, 5.41) is 2.95. The fourth-order valence-electron chi connectivity index (χ4n) is 2.38. The Morgan fingerprint density at radius 2 is 2.47 bits per heavy atom. The fourth-order valence-corrected chi connectivity index (χ4v) is 2.38. The molecular formula is C14H17N3O2. The Morgan fingerprint density at radius 3 is 3.32 bits per heavy atom. The molecule has 1 aromatic carbocycles. The Hall–Kier alpha value is -1.88. The largest absolute Gasteiger partial charge is 0.381 e. The molecule has 1 atom stereocenters. The van der Waals surface area contributed by atoms with Gasteiger partial charge in [-0.3, -0.25) is 4.79 Å². The van der Waals surface area contributed by atoms with E-state index in [4.69, 9.17) is 4.74 Å². The molecule has 2 N–H and O–H groups in total. The Kier molecular flexibility index (Phi) is 3.46. The molecular weight excluding hydrogens is 242 g/mol. The molecule has 2 heterocycles. The lowest BCUT2D eigenvalue weighted by Crippen LogP contribution is -2.26. The molecule has 0 radical (unpaired) electrons. The molecule has 1 aliphatic rings. The van der Waals surface area contributed by atoms with Crippen LogP contribution < -0.4 is 5.32 Å². The highest BCUT2D eigenvalue weighted by molar-refractivity contribution is 5.97. The van der Waals surface area contributed by atoms with E-state index in [9.17, 15) is 4.79 Å². The van der Waals surface area contributed by atoms with E-state index in [0.29, 0.717) is 18.0 Å². The van der Waals surface area contributed by atoms with Crippen LogP contribution in [0.25, 0.3) is 11.0 Å². The van der Waals surface area contributed by atoms with Crippen LogP contribution in [0.2, 0.25) is 0 Å². The quantitative estimate of drug-likeness (QED) is 0.878. The zero-order valence-electron chi connectivity index (χ0n) is 10.7. The second-order valence-corrected chi connectivity index (χ2v) is 4.91. The van der Waals surface area contributed by atoms with E-state index in [0.717, 1.165) is 37.1 Å². The highest BCUT2D eigenvalue weighted by Crippen LogP contribution is 2.15. The fraction of sp³-hybridized carbons (Fsp3) is 0.429. The molecule has 0 saturated carbocycles. The van der Waals surface area contributed by atoms with Crippen molar-refractivity contribution in [1.29, 1.82) is 0 Å². The van der Waals surface area contributed by atoms with Crippen molar-refractivity contribution in [1.82, 2.24) is 15.3 Å². The summed E-state index contributed by atoms with van der Waals surface area (Å²) in [5.74, 6) is 0.561. The summed E-state index contributed by atoms with van der Waals surface area (Å²) in [7, 11) is 0. The van der Waals surface area contributed by atoms with Crippen molar-refractivity contribution in [3.8, 4) is 0 Å². The van der Waals surface area contributed by atoms with Crippen molar-refractivity contribution in [2.75, 3.05) is 19.8 Å². The number of aromatic amines is 1. The number of benzene rings is 1. The molecule has 0 aliphatic carbocycles. The van der Waals surface area contributed by atoms with Gasteiger partial charge in [-0.1, -0.05) is 0 Å². The van der Waals surface area contributed by atoms with Crippen LogP contribution in [-0.2, 0) is 4.74 Å². The number of imidazole rings is 1. The second-order valence-electron chi connectivity index (χ2n) is 4.91. The molecule has 5 heteroatoms. The number of H-pyrrole nitrogens is 1. The van der Waals surface area contributed by atoms with E-state index in [2.05, 4.69) is 15.3 Å². The van der Waals surface area contributed by atoms with Gasteiger partial charge in [0.1, 0.15) is 0 Å². The molecule has 3 rings (SSSR count). The Balaban J connectivity index is 1.56. The lowest BCUT2D eigenvalue weighted by atomic mass is 10.1. The average molecular weight is 259 g/mol. The molecule has 1 fully saturated rings. The van der Waals surface area contributed by atoms with Crippen LogP contribution in [0, 0.1) is 5.92 Å². The standard InChI is InChI=1S/C14H17N3O2/c18-14(15-5-3-10-4-6-19-8-10)11-1-2-12-13(7-11)17-9-16-12/h1-2,7,9-10H,3-6,8H2,(H,15,18)(H,16,17). The van der Waals surface area contributed by atoms with E-state index < -0.39 is 0 Å². The van der Waals surface area contributed by atoms with Gasteiger partial charge in [0, 0.05) is 25.3 Å². The van der Waals surface area contributed by atoms with E-state index >= 15 is 0 Å². The molecule has 100 valence electrons. The van der Waals surface area contributed by atoms with E-state index in [1.165, 1.54) is 0 Å². The number of nitrogens with one attached hydrogen (secondary N) is 2. The van der Waals surface area contributed by atoms with Gasteiger partial charge in [-0.25, -0.2) is 4.98 Å². The number of carbonyl (C=O) groups excluding carboxylic acids is 1. The molecule has 1 saturated heterocycles. The van der Waals surface area contributed by atoms with Crippen molar-refractivity contribution in [3.05, 3.63) is 30.1 Å². The van der Waals surface area contributed by atoms with Crippen LogP contribution in [0.15, 0.2) is 24.5 Å². The third-order valence-electron chi connectivity index (χ3n) is 3.54. The summed E-state index contributed by atoms with van der Waals surface area (Å²) in [4.78, 5) is 19.1. The van der Waals surface area contributed by atoms with Crippen molar-refractivity contribution < 1.29 is 9.53 Å². The first-order valence-corrected chi connectivity index (χ1v) is 6.62. The van der Waals surface area contributed by atoms with Gasteiger partial charge in [-0.2, -0.15) is 0 Å². The van der Waals surface area contributed by atoms with Crippen LogP contribution >= 0.6 is 0 Å². The summed E-state index contributed by atoms with van der Waals surface area (Å²) >= 11 is 0. The summed E-state index contributed by atoms with van der Waals surface area (Å²) < 4.78 is 5.31. The van der Waals surface area contributed by atoms with Gasteiger partial charge in [0.15, 0.2) is 0 Å². The van der Waals surface area contributed by atoms with Crippen molar-refractivity contribution in [2.24, 2.45) is 5.92 Å². The number of ether oxygens (including phenoxy) is 1.